The Morgan fingerprint density at radius 2 is 1.73 bits per heavy atom. The number of ketones is 1. The molecule has 0 N–H and O–H groups in total. The van der Waals surface area contributed by atoms with Crippen molar-refractivity contribution in [3.63, 3.8) is 0 Å². The Morgan fingerprint density at radius 1 is 1.00 bits per heavy atom. The van der Waals surface area contributed by atoms with E-state index >= 15 is 0 Å². The van der Waals surface area contributed by atoms with E-state index in [0.717, 1.165) is 19.6 Å². The van der Waals surface area contributed by atoms with Gasteiger partial charge in [-0.3, -0.25) is 9.69 Å². The number of ether oxygens (including phenoxy) is 2. The Balaban J connectivity index is 1.76. The average molecular weight is 353 g/mol. The molecule has 2 aromatic carbocycles. The second-order valence-corrected chi connectivity index (χ2v) is 6.29. The fourth-order valence-corrected chi connectivity index (χ4v) is 3.11. The van der Waals surface area contributed by atoms with E-state index in [2.05, 4.69) is 4.90 Å². The van der Waals surface area contributed by atoms with Gasteiger partial charge >= 0.3 is 5.97 Å². The normalized spacial score (nSPS) is 14.2. The molecule has 0 atom stereocenters. The number of benzene rings is 2. The van der Waals surface area contributed by atoms with Crippen LogP contribution in [0.4, 0.5) is 0 Å². The SMILES string of the molecule is COC(=O)c1cc(C(=O)c2ccccc2)ccc1OCCN1CCCC1. The maximum absolute atomic E-state index is 12.6. The number of rotatable bonds is 7. The molecule has 0 radical (unpaired) electrons. The summed E-state index contributed by atoms with van der Waals surface area (Å²) in [5, 5.41) is 0. The topological polar surface area (TPSA) is 55.8 Å². The summed E-state index contributed by atoms with van der Waals surface area (Å²) in [6.45, 7) is 3.51. The summed E-state index contributed by atoms with van der Waals surface area (Å²) >= 11 is 0. The van der Waals surface area contributed by atoms with Crippen LogP contribution in [0.2, 0.25) is 0 Å². The minimum Gasteiger partial charge on any atom is -0.491 e. The molecule has 0 aliphatic carbocycles. The zero-order valence-corrected chi connectivity index (χ0v) is 14.9. The van der Waals surface area contributed by atoms with Gasteiger partial charge in [0.1, 0.15) is 17.9 Å². The van der Waals surface area contributed by atoms with Crippen LogP contribution in [0.25, 0.3) is 0 Å². The van der Waals surface area contributed by atoms with Crippen molar-refractivity contribution in [3.05, 3.63) is 65.2 Å². The van der Waals surface area contributed by atoms with Crippen molar-refractivity contribution in [3.8, 4) is 5.75 Å². The van der Waals surface area contributed by atoms with E-state index in [1.165, 1.54) is 20.0 Å². The highest BCUT2D eigenvalue weighted by atomic mass is 16.5. The monoisotopic (exact) mass is 353 g/mol. The van der Waals surface area contributed by atoms with Crippen molar-refractivity contribution in [1.82, 2.24) is 4.90 Å². The van der Waals surface area contributed by atoms with Crippen LogP contribution < -0.4 is 4.74 Å². The Bertz CT molecular complexity index is 767. The zero-order chi connectivity index (χ0) is 18.4. The molecule has 0 spiro atoms. The van der Waals surface area contributed by atoms with Crippen LogP contribution in [-0.2, 0) is 4.74 Å². The van der Waals surface area contributed by atoms with Crippen LogP contribution in [0.15, 0.2) is 48.5 Å². The first-order chi connectivity index (χ1) is 12.7. The standard InChI is InChI=1S/C21H23NO4/c1-25-21(24)18-15-17(20(23)16-7-3-2-4-8-16)9-10-19(18)26-14-13-22-11-5-6-12-22/h2-4,7-10,15H,5-6,11-14H2,1H3. The lowest BCUT2D eigenvalue weighted by Gasteiger charge is -2.16. The van der Waals surface area contributed by atoms with E-state index in [4.69, 9.17) is 9.47 Å². The van der Waals surface area contributed by atoms with E-state index in [9.17, 15) is 9.59 Å². The molecule has 0 aromatic heterocycles. The number of methoxy groups -OCH3 is 1. The third-order valence-corrected chi connectivity index (χ3v) is 4.55. The van der Waals surface area contributed by atoms with Crippen LogP contribution in [0.5, 0.6) is 5.75 Å². The Hall–Kier alpha value is -2.66. The molecule has 1 fully saturated rings. The van der Waals surface area contributed by atoms with E-state index < -0.39 is 5.97 Å². The number of hydrogen-bond acceptors (Lipinski definition) is 5. The molecule has 0 bridgehead atoms. The molecule has 1 heterocycles. The Kier molecular flexibility index (Phi) is 6.02. The lowest BCUT2D eigenvalue weighted by atomic mass is 10.0. The molecule has 1 aliphatic rings. The quantitative estimate of drug-likeness (QED) is 0.565. The summed E-state index contributed by atoms with van der Waals surface area (Å²) in [7, 11) is 1.32. The van der Waals surface area contributed by atoms with Crippen molar-refractivity contribution in [2.75, 3.05) is 33.4 Å². The molecule has 0 amide bonds. The van der Waals surface area contributed by atoms with Crippen LogP contribution in [0, 0.1) is 0 Å². The van der Waals surface area contributed by atoms with Gasteiger partial charge in [0, 0.05) is 17.7 Å². The summed E-state index contributed by atoms with van der Waals surface area (Å²) in [5.41, 5.74) is 1.28. The first-order valence-corrected chi connectivity index (χ1v) is 8.86. The second-order valence-electron chi connectivity index (χ2n) is 6.29. The second kappa shape index (κ2) is 8.63. The van der Waals surface area contributed by atoms with Crippen LogP contribution in [-0.4, -0.2) is 50.0 Å². The van der Waals surface area contributed by atoms with Crippen molar-refractivity contribution in [2.24, 2.45) is 0 Å². The molecule has 136 valence electrons. The predicted molar refractivity (Wildman–Crippen MR) is 98.8 cm³/mol. The van der Waals surface area contributed by atoms with Gasteiger partial charge in [0.25, 0.3) is 0 Å². The smallest absolute Gasteiger partial charge is 0.341 e. The van der Waals surface area contributed by atoms with Gasteiger partial charge in [0.05, 0.1) is 7.11 Å². The molecule has 1 saturated heterocycles. The van der Waals surface area contributed by atoms with Gasteiger partial charge in [0.2, 0.25) is 0 Å². The van der Waals surface area contributed by atoms with Crippen molar-refractivity contribution in [1.29, 1.82) is 0 Å². The summed E-state index contributed by atoms with van der Waals surface area (Å²) in [6, 6.07) is 13.9. The van der Waals surface area contributed by atoms with E-state index in [0.29, 0.717) is 23.5 Å². The van der Waals surface area contributed by atoms with Crippen LogP contribution >= 0.6 is 0 Å². The van der Waals surface area contributed by atoms with Gasteiger partial charge in [-0.15, -0.1) is 0 Å². The van der Waals surface area contributed by atoms with Gasteiger partial charge in [-0.2, -0.15) is 0 Å². The minimum atomic E-state index is -0.510. The first-order valence-electron chi connectivity index (χ1n) is 8.86. The highest BCUT2D eigenvalue weighted by Crippen LogP contribution is 2.23. The number of carbonyl (C=O) groups excluding carboxylic acids is 2. The predicted octanol–water partition coefficient (Wildman–Crippen LogP) is 3.18. The molecule has 5 nitrogen and oxygen atoms in total. The third kappa shape index (κ3) is 4.29. The summed E-state index contributed by atoms with van der Waals surface area (Å²) in [6.07, 6.45) is 2.45. The highest BCUT2D eigenvalue weighted by Gasteiger charge is 2.18. The number of hydrogen-bond donors (Lipinski definition) is 0. The summed E-state index contributed by atoms with van der Waals surface area (Å²) in [5.74, 6) is -0.205. The van der Waals surface area contributed by atoms with Crippen molar-refractivity contribution in [2.45, 2.75) is 12.8 Å². The number of likely N-dealkylation sites (tertiary alicyclic amines) is 1. The van der Waals surface area contributed by atoms with Crippen LogP contribution in [0.3, 0.4) is 0 Å². The van der Waals surface area contributed by atoms with E-state index in [-0.39, 0.29) is 11.3 Å². The molecule has 0 unspecified atom stereocenters. The van der Waals surface area contributed by atoms with Crippen LogP contribution in [0.1, 0.15) is 39.1 Å². The van der Waals surface area contributed by atoms with E-state index in [1.54, 1.807) is 30.3 Å². The molecule has 5 heteroatoms. The minimum absolute atomic E-state index is 0.139. The summed E-state index contributed by atoms with van der Waals surface area (Å²) < 4.78 is 10.7. The van der Waals surface area contributed by atoms with Crippen molar-refractivity contribution < 1.29 is 19.1 Å². The van der Waals surface area contributed by atoms with Gasteiger partial charge in [-0.05, 0) is 44.1 Å². The molecular formula is C21H23NO4. The van der Waals surface area contributed by atoms with Crippen molar-refractivity contribution >= 4 is 11.8 Å². The molecule has 0 saturated carbocycles. The third-order valence-electron chi connectivity index (χ3n) is 4.55. The molecule has 26 heavy (non-hydrogen) atoms. The maximum Gasteiger partial charge on any atom is 0.341 e. The fraction of sp³-hybridized carbons (Fsp3) is 0.333. The Morgan fingerprint density at radius 3 is 2.42 bits per heavy atom. The largest absolute Gasteiger partial charge is 0.491 e. The lowest BCUT2D eigenvalue weighted by Crippen LogP contribution is -2.25. The zero-order valence-electron chi connectivity index (χ0n) is 14.9. The highest BCUT2D eigenvalue weighted by molar-refractivity contribution is 6.10. The number of nitrogens with zero attached hydrogens (tertiary/aromatic N) is 1. The molecular weight excluding hydrogens is 330 g/mol. The maximum atomic E-state index is 12.6. The average Bonchev–Trinajstić information content (AvgIpc) is 3.21. The van der Waals surface area contributed by atoms with Gasteiger partial charge in [-0.25, -0.2) is 4.79 Å². The molecule has 2 aromatic rings. The number of esters is 1. The van der Waals surface area contributed by atoms with E-state index in [1.807, 2.05) is 18.2 Å². The Labute approximate surface area is 153 Å². The van der Waals surface area contributed by atoms with Gasteiger partial charge in [0.15, 0.2) is 5.78 Å². The summed E-state index contributed by atoms with van der Waals surface area (Å²) in [4.78, 5) is 27.1. The fourth-order valence-electron chi connectivity index (χ4n) is 3.11. The van der Waals surface area contributed by atoms with Gasteiger partial charge in [-0.1, -0.05) is 30.3 Å². The first kappa shape index (κ1) is 18.1. The molecule has 1 aliphatic heterocycles. The molecule has 3 rings (SSSR count). The van der Waals surface area contributed by atoms with Gasteiger partial charge < -0.3 is 9.47 Å². The lowest BCUT2D eigenvalue weighted by molar-refractivity contribution is 0.0595. The number of carbonyl (C=O) groups is 2.